The third kappa shape index (κ3) is 3.17. The maximum atomic E-state index is 11.9. The van der Waals surface area contributed by atoms with Crippen LogP contribution in [0.4, 0.5) is 0 Å². The summed E-state index contributed by atoms with van der Waals surface area (Å²) < 4.78 is 0. The van der Waals surface area contributed by atoms with Crippen LogP contribution in [0.3, 0.4) is 0 Å². The van der Waals surface area contributed by atoms with Crippen molar-refractivity contribution in [3.05, 3.63) is 0 Å². The van der Waals surface area contributed by atoms with Crippen molar-refractivity contribution in [3.63, 3.8) is 0 Å². The molecule has 92 valence electrons. The fourth-order valence-electron chi connectivity index (χ4n) is 2.39. The standard InChI is InChI=1S/C11H22N4O/c12-10-1-5-14(9-10)6-2-11(16)15-7-3-13-4-8-15/h10,13H,1-9,12H2. The monoisotopic (exact) mass is 226 g/mol. The van der Waals surface area contributed by atoms with Gasteiger partial charge in [-0.15, -0.1) is 0 Å². The molecular weight excluding hydrogens is 204 g/mol. The second kappa shape index (κ2) is 5.61. The van der Waals surface area contributed by atoms with Crippen LogP contribution in [0.5, 0.6) is 0 Å². The number of carbonyl (C=O) groups is 1. The summed E-state index contributed by atoms with van der Waals surface area (Å²) in [6, 6.07) is 0.314. The average Bonchev–Trinajstić information content (AvgIpc) is 2.73. The Hall–Kier alpha value is -0.650. The van der Waals surface area contributed by atoms with Crippen molar-refractivity contribution < 1.29 is 4.79 Å². The Morgan fingerprint density at radius 3 is 2.69 bits per heavy atom. The summed E-state index contributed by atoms with van der Waals surface area (Å²) >= 11 is 0. The molecule has 0 aromatic rings. The number of nitrogens with zero attached hydrogens (tertiary/aromatic N) is 2. The first-order chi connectivity index (χ1) is 7.75. The highest BCUT2D eigenvalue weighted by Gasteiger charge is 2.21. The molecule has 5 nitrogen and oxygen atoms in total. The first-order valence-electron chi connectivity index (χ1n) is 6.22. The minimum absolute atomic E-state index is 0.293. The minimum Gasteiger partial charge on any atom is -0.340 e. The van der Waals surface area contributed by atoms with Crippen molar-refractivity contribution in [2.45, 2.75) is 18.9 Å². The summed E-state index contributed by atoms with van der Waals surface area (Å²) in [7, 11) is 0. The van der Waals surface area contributed by atoms with Crippen molar-refractivity contribution in [3.8, 4) is 0 Å². The van der Waals surface area contributed by atoms with E-state index in [1.165, 1.54) is 0 Å². The SMILES string of the molecule is NC1CCN(CCC(=O)N2CCNCC2)C1. The normalized spacial score (nSPS) is 27.3. The molecule has 2 aliphatic heterocycles. The van der Waals surface area contributed by atoms with E-state index >= 15 is 0 Å². The molecule has 0 saturated carbocycles. The van der Waals surface area contributed by atoms with Crippen LogP contribution >= 0.6 is 0 Å². The molecule has 2 rings (SSSR count). The fourth-order valence-corrected chi connectivity index (χ4v) is 2.39. The van der Waals surface area contributed by atoms with Gasteiger partial charge >= 0.3 is 0 Å². The van der Waals surface area contributed by atoms with E-state index < -0.39 is 0 Å². The molecule has 0 spiro atoms. The van der Waals surface area contributed by atoms with E-state index in [2.05, 4.69) is 10.2 Å². The molecule has 5 heteroatoms. The maximum absolute atomic E-state index is 11.9. The topological polar surface area (TPSA) is 61.6 Å². The Bertz CT molecular complexity index is 240. The van der Waals surface area contributed by atoms with Crippen molar-refractivity contribution in [1.82, 2.24) is 15.1 Å². The van der Waals surface area contributed by atoms with Gasteiger partial charge in [0.15, 0.2) is 0 Å². The molecule has 0 aliphatic carbocycles. The van der Waals surface area contributed by atoms with Crippen LogP contribution in [-0.4, -0.2) is 67.6 Å². The molecule has 2 aliphatic rings. The number of nitrogens with one attached hydrogen (secondary N) is 1. The van der Waals surface area contributed by atoms with Crippen molar-refractivity contribution in [2.24, 2.45) is 5.73 Å². The third-order valence-electron chi connectivity index (χ3n) is 3.42. The number of rotatable bonds is 3. The van der Waals surface area contributed by atoms with E-state index in [1.54, 1.807) is 0 Å². The maximum Gasteiger partial charge on any atom is 0.223 e. The molecule has 16 heavy (non-hydrogen) atoms. The zero-order valence-electron chi connectivity index (χ0n) is 9.82. The number of hydrogen-bond donors (Lipinski definition) is 2. The van der Waals surface area contributed by atoms with Crippen LogP contribution in [0, 0.1) is 0 Å². The van der Waals surface area contributed by atoms with Gasteiger partial charge in [0.05, 0.1) is 0 Å². The van der Waals surface area contributed by atoms with E-state index in [-0.39, 0.29) is 0 Å². The largest absolute Gasteiger partial charge is 0.340 e. The Morgan fingerprint density at radius 1 is 1.31 bits per heavy atom. The zero-order chi connectivity index (χ0) is 11.4. The Balaban J connectivity index is 1.66. The van der Waals surface area contributed by atoms with Gasteiger partial charge in [0, 0.05) is 51.7 Å². The van der Waals surface area contributed by atoms with Crippen LogP contribution in [0.1, 0.15) is 12.8 Å². The summed E-state index contributed by atoms with van der Waals surface area (Å²) in [6.07, 6.45) is 1.72. The highest BCUT2D eigenvalue weighted by molar-refractivity contribution is 5.76. The molecular formula is C11H22N4O. The van der Waals surface area contributed by atoms with Crippen LogP contribution in [-0.2, 0) is 4.79 Å². The number of nitrogens with two attached hydrogens (primary N) is 1. The number of piperazine rings is 1. The van der Waals surface area contributed by atoms with Gasteiger partial charge in [0.1, 0.15) is 0 Å². The van der Waals surface area contributed by atoms with Crippen LogP contribution in [0.15, 0.2) is 0 Å². The van der Waals surface area contributed by atoms with Crippen LogP contribution < -0.4 is 11.1 Å². The van der Waals surface area contributed by atoms with Gasteiger partial charge in [-0.3, -0.25) is 4.79 Å². The molecule has 1 atom stereocenters. The highest BCUT2D eigenvalue weighted by Crippen LogP contribution is 2.08. The second-order valence-electron chi connectivity index (χ2n) is 4.73. The molecule has 0 aromatic heterocycles. The molecule has 3 N–H and O–H groups in total. The number of amides is 1. The molecule has 2 heterocycles. The molecule has 0 radical (unpaired) electrons. The predicted octanol–water partition coefficient (Wildman–Crippen LogP) is -1.16. The third-order valence-corrected chi connectivity index (χ3v) is 3.42. The van der Waals surface area contributed by atoms with Crippen molar-refractivity contribution in [2.75, 3.05) is 45.8 Å². The van der Waals surface area contributed by atoms with E-state index in [0.29, 0.717) is 18.4 Å². The number of hydrogen-bond acceptors (Lipinski definition) is 4. The zero-order valence-corrected chi connectivity index (χ0v) is 9.82. The summed E-state index contributed by atoms with van der Waals surface area (Å²) in [4.78, 5) is 16.1. The van der Waals surface area contributed by atoms with Crippen molar-refractivity contribution >= 4 is 5.91 Å². The van der Waals surface area contributed by atoms with Gasteiger partial charge < -0.3 is 20.9 Å². The predicted molar refractivity (Wildman–Crippen MR) is 63.1 cm³/mol. The lowest BCUT2D eigenvalue weighted by atomic mass is 10.3. The second-order valence-corrected chi connectivity index (χ2v) is 4.73. The quantitative estimate of drug-likeness (QED) is 0.637. The fraction of sp³-hybridized carbons (Fsp3) is 0.909. The number of carbonyl (C=O) groups excluding carboxylic acids is 1. The lowest BCUT2D eigenvalue weighted by molar-refractivity contribution is -0.132. The summed E-state index contributed by atoms with van der Waals surface area (Å²) in [5.74, 6) is 0.293. The van der Waals surface area contributed by atoms with Gasteiger partial charge in [0.25, 0.3) is 0 Å². The van der Waals surface area contributed by atoms with Gasteiger partial charge in [-0.25, -0.2) is 0 Å². The van der Waals surface area contributed by atoms with E-state index in [0.717, 1.165) is 52.2 Å². The summed E-state index contributed by atoms with van der Waals surface area (Å²) in [6.45, 7) is 6.46. The first kappa shape index (κ1) is 11.8. The molecule has 1 amide bonds. The van der Waals surface area contributed by atoms with Gasteiger partial charge in [-0.2, -0.15) is 0 Å². The Kier molecular flexibility index (Phi) is 4.15. The van der Waals surface area contributed by atoms with E-state index in [1.807, 2.05) is 4.90 Å². The van der Waals surface area contributed by atoms with E-state index in [9.17, 15) is 4.79 Å². The van der Waals surface area contributed by atoms with Crippen LogP contribution in [0.2, 0.25) is 0 Å². The summed E-state index contributed by atoms with van der Waals surface area (Å²) in [5.41, 5.74) is 5.83. The minimum atomic E-state index is 0.293. The molecule has 0 aromatic carbocycles. The smallest absolute Gasteiger partial charge is 0.223 e. The molecule has 0 bridgehead atoms. The van der Waals surface area contributed by atoms with Gasteiger partial charge in [0.2, 0.25) is 5.91 Å². The molecule has 2 fully saturated rings. The highest BCUT2D eigenvalue weighted by atomic mass is 16.2. The Labute approximate surface area is 96.9 Å². The van der Waals surface area contributed by atoms with Crippen molar-refractivity contribution in [1.29, 1.82) is 0 Å². The molecule has 1 unspecified atom stereocenters. The lowest BCUT2D eigenvalue weighted by Gasteiger charge is -2.28. The summed E-state index contributed by atoms with van der Waals surface area (Å²) in [5, 5.41) is 3.25. The number of likely N-dealkylation sites (tertiary alicyclic amines) is 1. The van der Waals surface area contributed by atoms with Gasteiger partial charge in [-0.1, -0.05) is 0 Å². The van der Waals surface area contributed by atoms with Crippen LogP contribution in [0.25, 0.3) is 0 Å². The van der Waals surface area contributed by atoms with Gasteiger partial charge in [-0.05, 0) is 13.0 Å². The Morgan fingerprint density at radius 2 is 2.06 bits per heavy atom. The average molecular weight is 226 g/mol. The molecule has 2 saturated heterocycles. The van der Waals surface area contributed by atoms with E-state index in [4.69, 9.17) is 5.73 Å². The lowest BCUT2D eigenvalue weighted by Crippen LogP contribution is -2.47. The first-order valence-corrected chi connectivity index (χ1v) is 6.22.